The van der Waals surface area contributed by atoms with Gasteiger partial charge < -0.3 is 14.8 Å². The van der Waals surface area contributed by atoms with Crippen molar-refractivity contribution in [2.24, 2.45) is 0 Å². The minimum Gasteiger partial charge on any atom is -0.486 e. The number of hydrogen-bond donors (Lipinski definition) is 1. The molecule has 0 bridgehead atoms. The molecule has 32 heavy (non-hydrogen) atoms. The van der Waals surface area contributed by atoms with E-state index in [0.717, 1.165) is 30.9 Å². The Bertz CT molecular complexity index is 1060. The molecule has 5 rings (SSSR count). The molecule has 2 aromatic carbocycles. The first-order chi connectivity index (χ1) is 15.5. The SMILES string of the molecule is CC1c2cc3c(cc2C2(CCCC2)CN1CC(=O)Nc1ccccc1[N+](=O)[O-])OCCO3. The number of nitro benzene ring substituents is 1. The van der Waals surface area contributed by atoms with E-state index in [0.29, 0.717) is 13.2 Å². The number of para-hydroxylation sites is 2. The zero-order valence-electron chi connectivity index (χ0n) is 18.1. The molecular formula is C24H27N3O5. The van der Waals surface area contributed by atoms with Crippen LogP contribution >= 0.6 is 0 Å². The highest BCUT2D eigenvalue weighted by molar-refractivity contribution is 5.94. The van der Waals surface area contributed by atoms with Crippen molar-refractivity contribution in [3.63, 3.8) is 0 Å². The van der Waals surface area contributed by atoms with E-state index in [4.69, 9.17) is 9.47 Å². The van der Waals surface area contributed by atoms with Gasteiger partial charge in [0.25, 0.3) is 5.69 Å². The van der Waals surface area contributed by atoms with E-state index in [9.17, 15) is 14.9 Å². The minimum atomic E-state index is -0.478. The topological polar surface area (TPSA) is 93.9 Å². The molecule has 8 nitrogen and oxygen atoms in total. The van der Waals surface area contributed by atoms with Gasteiger partial charge in [0.05, 0.1) is 11.5 Å². The Morgan fingerprint density at radius 3 is 2.59 bits per heavy atom. The molecule has 2 heterocycles. The largest absolute Gasteiger partial charge is 0.486 e. The Hall–Kier alpha value is -3.13. The molecular weight excluding hydrogens is 410 g/mol. The minimum absolute atomic E-state index is 0.00327. The lowest BCUT2D eigenvalue weighted by Gasteiger charge is -2.46. The molecule has 1 unspecified atom stereocenters. The van der Waals surface area contributed by atoms with Crippen LogP contribution in [0, 0.1) is 10.1 Å². The second kappa shape index (κ2) is 8.09. The zero-order chi connectivity index (χ0) is 22.3. The monoisotopic (exact) mass is 437 g/mol. The van der Waals surface area contributed by atoms with E-state index in [1.54, 1.807) is 18.2 Å². The van der Waals surface area contributed by atoms with Gasteiger partial charge in [-0.2, -0.15) is 0 Å². The third-order valence-corrected chi connectivity index (χ3v) is 7.07. The molecule has 1 atom stereocenters. The standard InChI is InChI=1S/C24H27N3O5/c1-16-17-12-21-22(32-11-10-31-21)13-18(17)24(8-4-5-9-24)15-26(16)14-23(28)25-19-6-2-3-7-20(19)27(29)30/h2-3,6-7,12-13,16H,4-5,8-11,14-15H2,1H3,(H,25,28). The smallest absolute Gasteiger partial charge is 0.292 e. The van der Waals surface area contributed by atoms with Gasteiger partial charge in [-0.1, -0.05) is 25.0 Å². The van der Waals surface area contributed by atoms with Crippen molar-refractivity contribution in [1.29, 1.82) is 0 Å². The van der Waals surface area contributed by atoms with Crippen molar-refractivity contribution in [2.75, 3.05) is 31.6 Å². The molecule has 1 fully saturated rings. The number of amides is 1. The predicted molar refractivity (Wildman–Crippen MR) is 119 cm³/mol. The summed E-state index contributed by atoms with van der Waals surface area (Å²) in [7, 11) is 0. The Balaban J connectivity index is 1.42. The number of nitro groups is 1. The van der Waals surface area contributed by atoms with Gasteiger partial charge in [-0.3, -0.25) is 19.8 Å². The molecule has 0 radical (unpaired) electrons. The predicted octanol–water partition coefficient (Wildman–Crippen LogP) is 4.19. The first-order valence-corrected chi connectivity index (χ1v) is 11.2. The van der Waals surface area contributed by atoms with Crippen molar-refractivity contribution in [1.82, 2.24) is 4.90 Å². The highest BCUT2D eigenvalue weighted by atomic mass is 16.6. The Morgan fingerprint density at radius 1 is 1.19 bits per heavy atom. The zero-order valence-corrected chi connectivity index (χ0v) is 18.1. The number of fused-ring (bicyclic) bond motifs is 3. The van der Waals surface area contributed by atoms with Crippen LogP contribution in [0.3, 0.4) is 0 Å². The summed E-state index contributed by atoms with van der Waals surface area (Å²) in [6.07, 6.45) is 4.49. The number of hydrogen-bond acceptors (Lipinski definition) is 6. The van der Waals surface area contributed by atoms with Crippen LogP contribution in [0.15, 0.2) is 36.4 Å². The van der Waals surface area contributed by atoms with Crippen LogP contribution in [0.4, 0.5) is 11.4 Å². The third-order valence-electron chi connectivity index (χ3n) is 7.07. The quantitative estimate of drug-likeness (QED) is 0.569. The highest BCUT2D eigenvalue weighted by Gasteiger charge is 2.45. The summed E-state index contributed by atoms with van der Waals surface area (Å²) in [4.78, 5) is 25.9. The number of ether oxygens (including phenoxy) is 2. The van der Waals surface area contributed by atoms with Gasteiger partial charge in [0.1, 0.15) is 18.9 Å². The molecule has 3 aliphatic rings. The van der Waals surface area contributed by atoms with Gasteiger partial charge in [0.15, 0.2) is 11.5 Å². The van der Waals surface area contributed by atoms with Crippen molar-refractivity contribution < 1.29 is 19.2 Å². The fourth-order valence-corrected chi connectivity index (χ4v) is 5.50. The van der Waals surface area contributed by atoms with Crippen LogP contribution in [0.5, 0.6) is 11.5 Å². The Labute approximate surface area is 186 Å². The maximum atomic E-state index is 12.9. The van der Waals surface area contributed by atoms with E-state index in [1.165, 1.54) is 30.0 Å². The molecule has 1 amide bonds. The molecule has 0 aromatic heterocycles. The maximum Gasteiger partial charge on any atom is 0.292 e. The number of anilines is 1. The summed E-state index contributed by atoms with van der Waals surface area (Å²) in [5, 5.41) is 14.0. The van der Waals surface area contributed by atoms with E-state index in [-0.39, 0.29) is 35.3 Å². The number of rotatable bonds is 4. The van der Waals surface area contributed by atoms with Crippen LogP contribution in [0.25, 0.3) is 0 Å². The lowest BCUT2D eigenvalue weighted by atomic mass is 9.71. The normalized spacial score (nSPS) is 21.2. The van der Waals surface area contributed by atoms with Crippen LogP contribution in [0.2, 0.25) is 0 Å². The molecule has 168 valence electrons. The molecule has 1 N–H and O–H groups in total. The summed E-state index contributed by atoms with van der Waals surface area (Å²) >= 11 is 0. The van der Waals surface area contributed by atoms with Crippen LogP contribution in [-0.2, 0) is 10.2 Å². The Morgan fingerprint density at radius 2 is 1.88 bits per heavy atom. The molecule has 1 aliphatic carbocycles. The van der Waals surface area contributed by atoms with Gasteiger partial charge in [-0.25, -0.2) is 0 Å². The third kappa shape index (κ3) is 3.58. The molecule has 8 heteroatoms. The van der Waals surface area contributed by atoms with Gasteiger partial charge in [-0.05, 0) is 49.1 Å². The second-order valence-electron chi connectivity index (χ2n) is 8.97. The van der Waals surface area contributed by atoms with Crippen molar-refractivity contribution >= 4 is 17.3 Å². The van der Waals surface area contributed by atoms with Crippen LogP contribution in [0.1, 0.15) is 49.8 Å². The molecule has 0 saturated heterocycles. The summed E-state index contributed by atoms with van der Waals surface area (Å²) in [6.45, 7) is 4.16. The lowest BCUT2D eigenvalue weighted by Crippen LogP contribution is -2.48. The fourth-order valence-electron chi connectivity index (χ4n) is 5.50. The van der Waals surface area contributed by atoms with E-state index in [2.05, 4.69) is 29.3 Å². The average molecular weight is 437 g/mol. The molecule has 1 spiro atoms. The van der Waals surface area contributed by atoms with E-state index >= 15 is 0 Å². The number of nitrogens with zero attached hydrogens (tertiary/aromatic N) is 2. The van der Waals surface area contributed by atoms with Crippen molar-refractivity contribution in [2.45, 2.75) is 44.1 Å². The van der Waals surface area contributed by atoms with Crippen molar-refractivity contribution in [3.8, 4) is 11.5 Å². The second-order valence-corrected chi connectivity index (χ2v) is 8.97. The first kappa shape index (κ1) is 20.8. The number of carbonyl (C=O) groups excluding carboxylic acids is 1. The van der Waals surface area contributed by atoms with E-state index < -0.39 is 4.92 Å². The highest BCUT2D eigenvalue weighted by Crippen LogP contribution is 2.51. The summed E-state index contributed by atoms with van der Waals surface area (Å²) in [5.41, 5.74) is 2.62. The van der Waals surface area contributed by atoms with Crippen LogP contribution < -0.4 is 14.8 Å². The maximum absolute atomic E-state index is 12.9. The average Bonchev–Trinajstić information content (AvgIpc) is 3.26. The number of benzene rings is 2. The molecule has 1 saturated carbocycles. The lowest BCUT2D eigenvalue weighted by molar-refractivity contribution is -0.383. The van der Waals surface area contributed by atoms with E-state index in [1.807, 2.05) is 0 Å². The molecule has 2 aromatic rings. The first-order valence-electron chi connectivity index (χ1n) is 11.2. The number of carbonyl (C=O) groups is 1. The summed E-state index contributed by atoms with van der Waals surface area (Å²) in [5.74, 6) is 1.33. The van der Waals surface area contributed by atoms with Gasteiger partial charge in [0.2, 0.25) is 5.91 Å². The van der Waals surface area contributed by atoms with Crippen molar-refractivity contribution in [3.05, 3.63) is 57.6 Å². The van der Waals surface area contributed by atoms with Gasteiger partial charge in [0, 0.05) is 24.1 Å². The fraction of sp³-hybridized carbons (Fsp3) is 0.458. The number of nitrogens with one attached hydrogen (secondary N) is 1. The van der Waals surface area contributed by atoms with Crippen LogP contribution in [-0.4, -0.2) is 42.0 Å². The summed E-state index contributed by atoms with van der Waals surface area (Å²) in [6, 6.07) is 10.5. The van der Waals surface area contributed by atoms with Gasteiger partial charge in [-0.15, -0.1) is 0 Å². The Kier molecular flexibility index (Phi) is 5.25. The molecule has 2 aliphatic heterocycles. The summed E-state index contributed by atoms with van der Waals surface area (Å²) < 4.78 is 11.7. The van der Waals surface area contributed by atoms with Gasteiger partial charge >= 0.3 is 0 Å².